The lowest BCUT2D eigenvalue weighted by Crippen LogP contribution is -2.43. The van der Waals surface area contributed by atoms with Gasteiger partial charge in [0.1, 0.15) is 12.7 Å². The number of hydrogen-bond acceptors (Lipinski definition) is 4. The number of nitrogens with zero attached hydrogens (tertiary/aromatic N) is 4. The summed E-state index contributed by atoms with van der Waals surface area (Å²) in [6.07, 6.45) is 6.76. The molecule has 2 heterocycles. The molecule has 7 nitrogen and oxygen atoms in total. The highest BCUT2D eigenvalue weighted by Gasteiger charge is 2.25. The molecule has 0 bridgehead atoms. The van der Waals surface area contributed by atoms with Gasteiger partial charge in [-0.05, 0) is 37.1 Å². The van der Waals surface area contributed by atoms with Crippen LogP contribution in [0.15, 0.2) is 41.8 Å². The fourth-order valence-electron chi connectivity index (χ4n) is 2.69. The summed E-state index contributed by atoms with van der Waals surface area (Å²) in [4.78, 5) is 18.9. The number of carbonyl (C=O) groups is 1. The van der Waals surface area contributed by atoms with Gasteiger partial charge in [0.2, 0.25) is 0 Å². The highest BCUT2D eigenvalue weighted by Crippen LogP contribution is 2.21. The van der Waals surface area contributed by atoms with Crippen molar-refractivity contribution in [1.29, 1.82) is 0 Å². The second kappa shape index (κ2) is 6.91. The average Bonchev–Trinajstić information content (AvgIpc) is 3.10. The quantitative estimate of drug-likeness (QED) is 0.930. The number of likely N-dealkylation sites (tertiary alicyclic amines) is 1. The summed E-state index contributed by atoms with van der Waals surface area (Å²) >= 11 is 0. The van der Waals surface area contributed by atoms with Crippen LogP contribution in [-0.2, 0) is 10.8 Å². The topological polar surface area (TPSA) is 80.1 Å². The van der Waals surface area contributed by atoms with Crippen LogP contribution in [0.4, 0.5) is 10.5 Å². The molecule has 0 spiro atoms. The van der Waals surface area contributed by atoms with Crippen molar-refractivity contribution in [3.05, 3.63) is 36.9 Å². The van der Waals surface area contributed by atoms with Crippen LogP contribution in [0.25, 0.3) is 0 Å². The molecule has 1 aromatic heterocycles. The molecule has 2 atom stereocenters. The maximum atomic E-state index is 12.4. The van der Waals surface area contributed by atoms with Crippen molar-refractivity contribution >= 4 is 22.5 Å². The van der Waals surface area contributed by atoms with E-state index >= 15 is 0 Å². The first-order valence-corrected chi connectivity index (χ1v) is 9.03. The lowest BCUT2D eigenvalue weighted by Gasteiger charge is -2.32. The van der Waals surface area contributed by atoms with Gasteiger partial charge in [0.15, 0.2) is 0 Å². The Labute approximate surface area is 137 Å². The van der Waals surface area contributed by atoms with Gasteiger partial charge < -0.3 is 10.2 Å². The lowest BCUT2D eigenvalue weighted by molar-refractivity contribution is 0.174. The maximum Gasteiger partial charge on any atom is 0.321 e. The van der Waals surface area contributed by atoms with Gasteiger partial charge in [0.25, 0.3) is 0 Å². The minimum Gasteiger partial charge on any atom is -0.322 e. The highest BCUT2D eigenvalue weighted by molar-refractivity contribution is 7.84. The molecule has 2 aromatic rings. The van der Waals surface area contributed by atoms with Crippen molar-refractivity contribution in [2.75, 3.05) is 24.7 Å². The molecule has 23 heavy (non-hydrogen) atoms. The predicted molar refractivity (Wildman–Crippen MR) is 87.7 cm³/mol. The molecular formula is C15H19N5O2S. The fourth-order valence-corrected chi connectivity index (χ4v) is 3.21. The van der Waals surface area contributed by atoms with Crippen molar-refractivity contribution in [2.24, 2.45) is 0 Å². The van der Waals surface area contributed by atoms with E-state index in [2.05, 4.69) is 15.4 Å². The average molecular weight is 333 g/mol. The standard InChI is InChI=1S/C15H19N5O2S/c1-23(22)14-6-4-12(5-7-14)18-15(21)19-8-2-3-13(9-19)20-11-16-10-17-20/h4-7,10-11,13H,2-3,8-9H2,1H3,(H,18,21)/t13-,23-/m1/s1. The zero-order valence-corrected chi connectivity index (χ0v) is 13.7. The third kappa shape index (κ3) is 3.76. The number of piperidine rings is 1. The molecule has 0 radical (unpaired) electrons. The largest absolute Gasteiger partial charge is 0.322 e. The molecular weight excluding hydrogens is 314 g/mol. The number of anilines is 1. The van der Waals surface area contributed by atoms with E-state index in [-0.39, 0.29) is 12.1 Å². The van der Waals surface area contributed by atoms with Crippen LogP contribution in [0, 0.1) is 0 Å². The summed E-state index contributed by atoms with van der Waals surface area (Å²) in [5.41, 5.74) is 0.701. The molecule has 0 saturated carbocycles. The van der Waals surface area contributed by atoms with E-state index in [1.54, 1.807) is 41.7 Å². The molecule has 0 aliphatic carbocycles. The van der Waals surface area contributed by atoms with Gasteiger partial charge in [-0.2, -0.15) is 5.10 Å². The van der Waals surface area contributed by atoms with Crippen LogP contribution in [0.1, 0.15) is 18.9 Å². The number of rotatable bonds is 3. The SMILES string of the molecule is C[S@@](=O)c1ccc(NC(=O)N2CCC[C@@H](n3cncn3)C2)cc1. The summed E-state index contributed by atoms with van der Waals surface area (Å²) < 4.78 is 13.2. The third-order valence-electron chi connectivity index (χ3n) is 3.93. The summed E-state index contributed by atoms with van der Waals surface area (Å²) in [7, 11) is -1.01. The van der Waals surface area contributed by atoms with E-state index in [0.29, 0.717) is 12.2 Å². The van der Waals surface area contributed by atoms with E-state index < -0.39 is 10.8 Å². The summed E-state index contributed by atoms with van der Waals surface area (Å²) in [5.74, 6) is 0. The first kappa shape index (κ1) is 15.7. The van der Waals surface area contributed by atoms with Crippen LogP contribution in [-0.4, -0.2) is 49.2 Å². The number of hydrogen-bond donors (Lipinski definition) is 1. The number of aromatic nitrogens is 3. The van der Waals surface area contributed by atoms with Crippen molar-refractivity contribution < 1.29 is 9.00 Å². The number of carbonyl (C=O) groups excluding carboxylic acids is 1. The predicted octanol–water partition coefficient (Wildman–Crippen LogP) is 1.88. The van der Waals surface area contributed by atoms with Gasteiger partial charge in [-0.1, -0.05) is 0 Å². The molecule has 8 heteroatoms. The first-order chi connectivity index (χ1) is 11.1. The van der Waals surface area contributed by atoms with Crippen molar-refractivity contribution in [2.45, 2.75) is 23.8 Å². The molecule has 1 N–H and O–H groups in total. The maximum absolute atomic E-state index is 12.4. The minimum atomic E-state index is -1.01. The van der Waals surface area contributed by atoms with Gasteiger partial charge >= 0.3 is 6.03 Å². The van der Waals surface area contributed by atoms with Crippen LogP contribution >= 0.6 is 0 Å². The molecule has 3 rings (SSSR count). The van der Waals surface area contributed by atoms with E-state index in [1.165, 1.54) is 6.33 Å². The second-order valence-electron chi connectivity index (χ2n) is 5.53. The van der Waals surface area contributed by atoms with Gasteiger partial charge in [0, 0.05) is 40.7 Å². The Morgan fingerprint density at radius 2 is 2.13 bits per heavy atom. The van der Waals surface area contributed by atoms with Crippen molar-refractivity contribution in [3.63, 3.8) is 0 Å². The molecule has 1 aliphatic heterocycles. The normalized spacial score (nSPS) is 19.3. The van der Waals surface area contributed by atoms with Gasteiger partial charge in [-0.25, -0.2) is 14.5 Å². The molecule has 1 saturated heterocycles. The number of nitrogens with one attached hydrogen (secondary N) is 1. The van der Waals surface area contributed by atoms with E-state index in [0.717, 1.165) is 24.3 Å². The monoisotopic (exact) mass is 333 g/mol. The molecule has 1 aliphatic rings. The van der Waals surface area contributed by atoms with Crippen LogP contribution < -0.4 is 5.32 Å². The highest BCUT2D eigenvalue weighted by atomic mass is 32.2. The summed E-state index contributed by atoms with van der Waals surface area (Å²) in [6, 6.07) is 7.11. The van der Waals surface area contributed by atoms with Gasteiger partial charge in [0.05, 0.1) is 6.04 Å². The Bertz CT molecular complexity index is 686. The Kier molecular flexibility index (Phi) is 4.71. The lowest BCUT2D eigenvalue weighted by atomic mass is 10.1. The summed E-state index contributed by atoms with van der Waals surface area (Å²) in [5, 5.41) is 7.05. The van der Waals surface area contributed by atoms with Gasteiger partial charge in [-0.3, -0.25) is 4.21 Å². The molecule has 0 unspecified atom stereocenters. The Balaban J connectivity index is 1.62. The van der Waals surface area contributed by atoms with Crippen LogP contribution in [0.2, 0.25) is 0 Å². The van der Waals surface area contributed by atoms with Crippen LogP contribution in [0.5, 0.6) is 0 Å². The first-order valence-electron chi connectivity index (χ1n) is 7.47. The molecule has 1 fully saturated rings. The van der Waals surface area contributed by atoms with E-state index in [1.807, 2.05) is 4.68 Å². The second-order valence-corrected chi connectivity index (χ2v) is 6.91. The number of amides is 2. The van der Waals surface area contributed by atoms with E-state index in [4.69, 9.17) is 0 Å². The molecule has 122 valence electrons. The third-order valence-corrected chi connectivity index (χ3v) is 4.87. The minimum absolute atomic E-state index is 0.125. The Hall–Kier alpha value is -2.22. The summed E-state index contributed by atoms with van der Waals surface area (Å²) in [6.45, 7) is 1.35. The van der Waals surface area contributed by atoms with Crippen molar-refractivity contribution in [3.8, 4) is 0 Å². The number of urea groups is 1. The van der Waals surface area contributed by atoms with Crippen LogP contribution in [0.3, 0.4) is 0 Å². The smallest absolute Gasteiger partial charge is 0.321 e. The Morgan fingerprint density at radius 3 is 2.78 bits per heavy atom. The molecule has 2 amide bonds. The van der Waals surface area contributed by atoms with Gasteiger partial charge in [-0.15, -0.1) is 0 Å². The van der Waals surface area contributed by atoms with E-state index in [9.17, 15) is 9.00 Å². The number of benzene rings is 1. The Morgan fingerprint density at radius 1 is 1.35 bits per heavy atom. The molecule has 1 aromatic carbocycles. The van der Waals surface area contributed by atoms with Crippen molar-refractivity contribution in [1.82, 2.24) is 19.7 Å². The zero-order valence-electron chi connectivity index (χ0n) is 12.9. The zero-order chi connectivity index (χ0) is 16.2. The fraction of sp³-hybridized carbons (Fsp3) is 0.400.